The van der Waals surface area contributed by atoms with E-state index in [-0.39, 0.29) is 10.8 Å². The number of rotatable bonds is 11. The molecule has 8 nitrogen and oxygen atoms in total. The van der Waals surface area contributed by atoms with Gasteiger partial charge in [0.2, 0.25) is 0 Å². The number of hydrogen-bond donors (Lipinski definition) is 2. The number of carbonyl (C=O) groups excluding carboxylic acids is 2. The zero-order valence-corrected chi connectivity index (χ0v) is 21.3. The Kier molecular flexibility index (Phi) is 9.96. The first-order valence-electron chi connectivity index (χ1n) is 10.9. The molecule has 0 saturated heterocycles. The van der Waals surface area contributed by atoms with Crippen LogP contribution in [0.3, 0.4) is 0 Å². The van der Waals surface area contributed by atoms with Gasteiger partial charge in [-0.05, 0) is 51.4 Å². The molecule has 0 aliphatic heterocycles. The van der Waals surface area contributed by atoms with Gasteiger partial charge in [-0.1, -0.05) is 41.5 Å². The topological polar surface area (TPSA) is 127 Å². The second-order valence-electron chi connectivity index (χ2n) is 12.3. The molecule has 186 valence electrons. The van der Waals surface area contributed by atoms with Gasteiger partial charge in [-0.2, -0.15) is 0 Å². The van der Waals surface area contributed by atoms with E-state index in [4.69, 9.17) is 9.47 Å². The van der Waals surface area contributed by atoms with Gasteiger partial charge in [0, 0.05) is 0 Å². The van der Waals surface area contributed by atoms with Crippen LogP contribution >= 0.6 is 0 Å². The van der Waals surface area contributed by atoms with E-state index < -0.39 is 59.8 Å². The second kappa shape index (κ2) is 10.7. The van der Waals surface area contributed by atoms with E-state index >= 15 is 0 Å². The van der Waals surface area contributed by atoms with Gasteiger partial charge < -0.3 is 19.7 Å². The highest BCUT2D eigenvalue weighted by Gasteiger charge is 2.41. The zero-order valence-electron chi connectivity index (χ0n) is 21.3. The van der Waals surface area contributed by atoms with Crippen molar-refractivity contribution < 1.29 is 38.9 Å². The molecule has 2 N–H and O–H groups in total. The van der Waals surface area contributed by atoms with Crippen LogP contribution in [0.15, 0.2) is 0 Å². The van der Waals surface area contributed by atoms with E-state index in [0.29, 0.717) is 12.8 Å². The summed E-state index contributed by atoms with van der Waals surface area (Å²) < 4.78 is 11.0. The molecule has 0 heterocycles. The van der Waals surface area contributed by atoms with E-state index in [0.717, 1.165) is 0 Å². The lowest BCUT2D eigenvalue weighted by Crippen LogP contribution is -2.44. The smallest absolute Gasteiger partial charge is 0.311 e. The predicted octanol–water partition coefficient (Wildman–Crippen LogP) is 4.68. The summed E-state index contributed by atoms with van der Waals surface area (Å²) >= 11 is 0. The molecule has 0 bridgehead atoms. The Morgan fingerprint density at radius 1 is 0.594 bits per heavy atom. The molecule has 0 rings (SSSR count). The van der Waals surface area contributed by atoms with Gasteiger partial charge in [0.15, 0.2) is 0 Å². The van der Waals surface area contributed by atoms with Crippen LogP contribution in [0.2, 0.25) is 0 Å². The number of hydrogen-bond acceptors (Lipinski definition) is 6. The third kappa shape index (κ3) is 11.5. The van der Waals surface area contributed by atoms with E-state index in [1.165, 1.54) is 0 Å². The van der Waals surface area contributed by atoms with Crippen LogP contribution in [0, 0.1) is 21.7 Å². The van der Waals surface area contributed by atoms with Crippen LogP contribution in [0.25, 0.3) is 0 Å². The molecule has 2 atom stereocenters. The Labute approximate surface area is 192 Å². The predicted molar refractivity (Wildman–Crippen MR) is 120 cm³/mol. The normalized spacial score (nSPS) is 14.9. The molecular formula is C24H42O8. The Morgan fingerprint density at radius 2 is 0.844 bits per heavy atom. The largest absolute Gasteiger partial charge is 0.481 e. The van der Waals surface area contributed by atoms with Crippen molar-refractivity contribution >= 4 is 23.9 Å². The quantitative estimate of drug-likeness (QED) is 0.427. The summed E-state index contributed by atoms with van der Waals surface area (Å²) in [5.74, 6) is -3.92. The molecule has 32 heavy (non-hydrogen) atoms. The number of carboxylic acid groups (broad SMARTS) is 2. The second-order valence-corrected chi connectivity index (χ2v) is 12.3. The maximum atomic E-state index is 12.9. The fraction of sp³-hybridized carbons (Fsp3) is 0.833. The van der Waals surface area contributed by atoms with Crippen LogP contribution in [-0.4, -0.2) is 46.3 Å². The maximum absolute atomic E-state index is 12.9. The molecule has 8 heteroatoms. The van der Waals surface area contributed by atoms with Crippen LogP contribution in [0.4, 0.5) is 0 Å². The molecule has 0 saturated carbocycles. The molecule has 0 aromatic heterocycles. The molecule has 0 aromatic rings. The number of aliphatic carboxylic acids is 2. The maximum Gasteiger partial charge on any atom is 0.311 e. The summed E-state index contributed by atoms with van der Waals surface area (Å²) in [6.45, 7) is 18.5. The molecule has 0 unspecified atom stereocenters. The number of carboxylic acids is 2. The summed E-state index contributed by atoms with van der Waals surface area (Å²) in [7, 11) is 0. The fourth-order valence-corrected chi connectivity index (χ4v) is 4.23. The van der Waals surface area contributed by atoms with E-state index in [9.17, 15) is 29.4 Å². The highest BCUT2D eigenvalue weighted by atomic mass is 16.6. The highest BCUT2D eigenvalue weighted by molar-refractivity contribution is 5.78. The molecule has 0 fully saturated rings. The Hall–Kier alpha value is -2.12. The molecule has 0 aromatic carbocycles. The number of ether oxygens (including phenoxy) is 2. The number of carbonyl (C=O) groups is 4. The summed E-state index contributed by atoms with van der Waals surface area (Å²) in [6.07, 6.45) is -3.29. The van der Waals surface area contributed by atoms with Crippen molar-refractivity contribution in [3.63, 3.8) is 0 Å². The fourth-order valence-electron chi connectivity index (χ4n) is 4.23. The molecule has 0 spiro atoms. The molecule has 0 amide bonds. The molecule has 0 radical (unpaired) electrons. The average molecular weight is 459 g/mol. The Balaban J connectivity index is 5.86. The minimum Gasteiger partial charge on any atom is -0.481 e. The van der Waals surface area contributed by atoms with Crippen molar-refractivity contribution in [2.45, 2.75) is 107 Å². The lowest BCUT2D eigenvalue weighted by Gasteiger charge is -2.35. The van der Waals surface area contributed by atoms with Crippen molar-refractivity contribution in [3.8, 4) is 0 Å². The zero-order chi connectivity index (χ0) is 25.7. The third-order valence-corrected chi connectivity index (χ3v) is 4.73. The van der Waals surface area contributed by atoms with Crippen molar-refractivity contribution in [1.82, 2.24) is 0 Å². The van der Waals surface area contributed by atoms with Crippen LogP contribution < -0.4 is 0 Å². The highest BCUT2D eigenvalue weighted by Crippen LogP contribution is 2.36. The standard InChI is InChI=1S/C24H42O8/c1-21(2,3)13-23(7,8)19(29)31-15(11-17(25)26)16(12-18(27)28)32-20(30)24(9,10)14-22(4,5)6/h15-16H,11-14H2,1-10H3,(H,25,26)(H,27,28)/t15-,16+. The van der Waals surface area contributed by atoms with Crippen LogP contribution in [0.5, 0.6) is 0 Å². The Morgan fingerprint density at radius 3 is 1.03 bits per heavy atom. The van der Waals surface area contributed by atoms with E-state index in [1.807, 2.05) is 41.5 Å². The van der Waals surface area contributed by atoms with Gasteiger partial charge in [0.05, 0.1) is 23.7 Å². The van der Waals surface area contributed by atoms with Crippen molar-refractivity contribution in [2.75, 3.05) is 0 Å². The number of esters is 2. The first-order chi connectivity index (χ1) is 14.1. The van der Waals surface area contributed by atoms with Gasteiger partial charge >= 0.3 is 23.9 Å². The summed E-state index contributed by atoms with van der Waals surface area (Å²) in [6, 6.07) is 0. The third-order valence-electron chi connectivity index (χ3n) is 4.73. The van der Waals surface area contributed by atoms with E-state index in [2.05, 4.69) is 0 Å². The van der Waals surface area contributed by atoms with Gasteiger partial charge in [-0.15, -0.1) is 0 Å². The minimum absolute atomic E-state index is 0.200. The lowest BCUT2D eigenvalue weighted by molar-refractivity contribution is -0.185. The first kappa shape index (κ1) is 29.9. The van der Waals surface area contributed by atoms with Gasteiger partial charge in [0.25, 0.3) is 0 Å². The van der Waals surface area contributed by atoms with Crippen LogP contribution in [-0.2, 0) is 28.7 Å². The van der Waals surface area contributed by atoms with Gasteiger partial charge in [-0.25, -0.2) is 0 Å². The lowest BCUT2D eigenvalue weighted by atomic mass is 9.76. The molecule has 0 aliphatic rings. The molecular weight excluding hydrogens is 416 g/mol. The van der Waals surface area contributed by atoms with Gasteiger partial charge in [-0.3, -0.25) is 19.2 Å². The molecule has 0 aliphatic carbocycles. The van der Waals surface area contributed by atoms with Crippen molar-refractivity contribution in [1.29, 1.82) is 0 Å². The SMILES string of the molecule is CC(C)(C)CC(C)(C)C(=O)O[C@@H](CC(=O)O)[C@@H](CC(=O)O)OC(=O)C(C)(C)CC(C)(C)C. The summed E-state index contributed by atoms with van der Waals surface area (Å²) in [5, 5.41) is 18.7. The monoisotopic (exact) mass is 458 g/mol. The Bertz CT molecular complexity index is 632. The van der Waals surface area contributed by atoms with Crippen molar-refractivity contribution in [3.05, 3.63) is 0 Å². The summed E-state index contributed by atoms with van der Waals surface area (Å²) in [5.41, 5.74) is -2.29. The average Bonchev–Trinajstić information content (AvgIpc) is 2.47. The van der Waals surface area contributed by atoms with E-state index in [1.54, 1.807) is 27.7 Å². The van der Waals surface area contributed by atoms with Crippen molar-refractivity contribution in [2.24, 2.45) is 21.7 Å². The minimum atomic E-state index is -1.43. The van der Waals surface area contributed by atoms with Gasteiger partial charge in [0.1, 0.15) is 12.2 Å². The first-order valence-corrected chi connectivity index (χ1v) is 10.9. The summed E-state index contributed by atoms with van der Waals surface area (Å²) in [4.78, 5) is 48.7. The van der Waals surface area contributed by atoms with Crippen LogP contribution in [0.1, 0.15) is 94.9 Å².